The van der Waals surface area contributed by atoms with Crippen molar-refractivity contribution in [1.29, 1.82) is 0 Å². The number of carbonyl (C=O) groups excluding carboxylic acids is 1. The molecule has 0 aromatic heterocycles. The number of benzene rings is 3. The lowest BCUT2D eigenvalue weighted by Gasteiger charge is -2.15. The first kappa shape index (κ1) is 18.6. The van der Waals surface area contributed by atoms with Gasteiger partial charge in [-0.2, -0.15) is 0 Å². The van der Waals surface area contributed by atoms with Gasteiger partial charge in [0.2, 0.25) is 0 Å². The van der Waals surface area contributed by atoms with Crippen LogP contribution in [-0.2, 0) is 4.74 Å². The molecular weight excluding hydrogens is 364 g/mol. The summed E-state index contributed by atoms with van der Waals surface area (Å²) in [6.45, 7) is 2.06. The molecule has 0 saturated carbocycles. The zero-order valence-corrected chi connectivity index (χ0v) is 15.5. The standard InChI is InChI=1S/C21H19ClN2O3/c1-2-26-21(25)14-8-10-18(17(23)12-14)24-19-13-15(22)9-11-20(19)27-16-6-4-3-5-7-16/h3-13,24H,2,23H2,1H3. The number of hydrogen-bond donors (Lipinski definition) is 2. The average molecular weight is 383 g/mol. The highest BCUT2D eigenvalue weighted by molar-refractivity contribution is 6.31. The van der Waals surface area contributed by atoms with Crippen LogP contribution in [0.25, 0.3) is 0 Å². The van der Waals surface area contributed by atoms with E-state index in [-0.39, 0.29) is 0 Å². The molecule has 0 amide bonds. The van der Waals surface area contributed by atoms with Gasteiger partial charge in [0.15, 0.2) is 5.75 Å². The van der Waals surface area contributed by atoms with Gasteiger partial charge in [0.25, 0.3) is 0 Å². The molecular formula is C21H19ClN2O3. The SMILES string of the molecule is CCOC(=O)c1ccc(Nc2cc(Cl)ccc2Oc2ccccc2)c(N)c1. The molecule has 0 radical (unpaired) electrons. The van der Waals surface area contributed by atoms with Crippen molar-refractivity contribution >= 4 is 34.6 Å². The fourth-order valence-electron chi connectivity index (χ4n) is 2.47. The molecule has 0 aliphatic heterocycles. The molecule has 0 heterocycles. The largest absolute Gasteiger partial charge is 0.462 e. The topological polar surface area (TPSA) is 73.6 Å². The Hall–Kier alpha value is -3.18. The Morgan fingerprint density at radius 3 is 2.52 bits per heavy atom. The Morgan fingerprint density at radius 1 is 1.04 bits per heavy atom. The maximum Gasteiger partial charge on any atom is 0.338 e. The Labute approximate surface area is 162 Å². The van der Waals surface area contributed by atoms with Gasteiger partial charge in [-0.05, 0) is 55.5 Å². The summed E-state index contributed by atoms with van der Waals surface area (Å²) in [5, 5.41) is 3.77. The van der Waals surface area contributed by atoms with Crippen molar-refractivity contribution < 1.29 is 14.3 Å². The second-order valence-electron chi connectivity index (χ2n) is 5.70. The van der Waals surface area contributed by atoms with Gasteiger partial charge in [-0.3, -0.25) is 0 Å². The molecule has 0 saturated heterocycles. The van der Waals surface area contributed by atoms with Crippen LogP contribution in [0.15, 0.2) is 66.7 Å². The third-order valence-corrected chi connectivity index (χ3v) is 3.98. The van der Waals surface area contributed by atoms with Gasteiger partial charge in [-0.15, -0.1) is 0 Å². The van der Waals surface area contributed by atoms with Crippen LogP contribution in [0.2, 0.25) is 5.02 Å². The van der Waals surface area contributed by atoms with Gasteiger partial charge in [-0.1, -0.05) is 29.8 Å². The zero-order chi connectivity index (χ0) is 19.2. The molecule has 27 heavy (non-hydrogen) atoms. The van der Waals surface area contributed by atoms with E-state index in [9.17, 15) is 4.79 Å². The Kier molecular flexibility index (Phi) is 5.84. The number of esters is 1. The Balaban J connectivity index is 1.87. The van der Waals surface area contributed by atoms with E-state index in [1.165, 1.54) is 0 Å². The van der Waals surface area contributed by atoms with Crippen molar-refractivity contribution in [2.24, 2.45) is 0 Å². The number of nitrogens with two attached hydrogens (primary N) is 1. The molecule has 0 bridgehead atoms. The van der Waals surface area contributed by atoms with Crippen molar-refractivity contribution in [1.82, 2.24) is 0 Å². The van der Waals surface area contributed by atoms with Crippen LogP contribution in [0.5, 0.6) is 11.5 Å². The molecule has 0 aliphatic carbocycles. The molecule has 5 nitrogen and oxygen atoms in total. The van der Waals surface area contributed by atoms with Crippen LogP contribution < -0.4 is 15.8 Å². The van der Waals surface area contributed by atoms with Crippen molar-refractivity contribution in [3.63, 3.8) is 0 Å². The molecule has 3 aromatic carbocycles. The fraction of sp³-hybridized carbons (Fsp3) is 0.0952. The monoisotopic (exact) mass is 382 g/mol. The first-order chi connectivity index (χ1) is 13.1. The second-order valence-corrected chi connectivity index (χ2v) is 6.14. The van der Waals surface area contributed by atoms with Gasteiger partial charge in [0.1, 0.15) is 5.75 Å². The van der Waals surface area contributed by atoms with E-state index in [2.05, 4.69) is 5.32 Å². The number of nitrogens with one attached hydrogen (secondary N) is 1. The van der Waals surface area contributed by atoms with Crippen LogP contribution >= 0.6 is 11.6 Å². The third kappa shape index (κ3) is 4.71. The quantitative estimate of drug-likeness (QED) is 0.426. The summed E-state index contributed by atoms with van der Waals surface area (Å²) >= 11 is 6.14. The zero-order valence-electron chi connectivity index (χ0n) is 14.7. The minimum absolute atomic E-state index is 0.307. The molecule has 0 fully saturated rings. The van der Waals surface area contributed by atoms with Gasteiger partial charge in [0, 0.05) is 5.02 Å². The minimum atomic E-state index is -0.411. The maximum absolute atomic E-state index is 11.8. The highest BCUT2D eigenvalue weighted by atomic mass is 35.5. The van der Waals surface area contributed by atoms with Crippen LogP contribution in [0.3, 0.4) is 0 Å². The van der Waals surface area contributed by atoms with Gasteiger partial charge >= 0.3 is 5.97 Å². The molecule has 3 aromatic rings. The highest BCUT2D eigenvalue weighted by Gasteiger charge is 2.12. The first-order valence-electron chi connectivity index (χ1n) is 8.43. The van der Waals surface area contributed by atoms with Crippen LogP contribution in [0.1, 0.15) is 17.3 Å². The minimum Gasteiger partial charge on any atom is -0.462 e. The van der Waals surface area contributed by atoms with E-state index in [1.807, 2.05) is 30.3 Å². The highest BCUT2D eigenvalue weighted by Crippen LogP contribution is 2.35. The molecule has 3 rings (SSSR count). The van der Waals surface area contributed by atoms with Crippen molar-refractivity contribution in [3.8, 4) is 11.5 Å². The summed E-state index contributed by atoms with van der Waals surface area (Å²) in [7, 11) is 0. The van der Waals surface area contributed by atoms with Crippen molar-refractivity contribution in [3.05, 3.63) is 77.3 Å². The lowest BCUT2D eigenvalue weighted by Crippen LogP contribution is -2.06. The van der Waals surface area contributed by atoms with E-state index in [0.29, 0.717) is 45.8 Å². The Morgan fingerprint density at radius 2 is 1.81 bits per heavy atom. The van der Waals surface area contributed by atoms with Gasteiger partial charge in [0.05, 0.1) is 29.2 Å². The molecule has 0 atom stereocenters. The third-order valence-electron chi connectivity index (χ3n) is 3.74. The number of nitrogen functional groups attached to an aromatic ring is 1. The predicted molar refractivity (Wildman–Crippen MR) is 108 cm³/mol. The number of hydrogen-bond acceptors (Lipinski definition) is 5. The normalized spacial score (nSPS) is 10.3. The molecule has 6 heteroatoms. The molecule has 0 aliphatic rings. The molecule has 0 unspecified atom stereocenters. The fourth-order valence-corrected chi connectivity index (χ4v) is 2.64. The number of anilines is 3. The summed E-state index contributed by atoms with van der Waals surface area (Å²) in [6.07, 6.45) is 0. The molecule has 0 spiro atoms. The summed E-state index contributed by atoms with van der Waals surface area (Å²) < 4.78 is 10.9. The maximum atomic E-state index is 11.8. The van der Waals surface area contributed by atoms with Crippen LogP contribution in [0.4, 0.5) is 17.1 Å². The summed E-state index contributed by atoms with van der Waals surface area (Å²) in [5.74, 6) is 0.888. The van der Waals surface area contributed by atoms with E-state index in [0.717, 1.165) is 0 Å². The van der Waals surface area contributed by atoms with Crippen molar-refractivity contribution in [2.45, 2.75) is 6.92 Å². The summed E-state index contributed by atoms with van der Waals surface area (Å²) in [6, 6.07) is 19.6. The van der Waals surface area contributed by atoms with E-state index in [1.54, 1.807) is 43.3 Å². The van der Waals surface area contributed by atoms with Crippen LogP contribution in [-0.4, -0.2) is 12.6 Å². The number of carbonyl (C=O) groups is 1. The first-order valence-corrected chi connectivity index (χ1v) is 8.80. The predicted octanol–water partition coefficient (Wildman–Crippen LogP) is 5.63. The summed E-state index contributed by atoms with van der Waals surface area (Å²) in [4.78, 5) is 11.8. The smallest absolute Gasteiger partial charge is 0.338 e. The lowest BCUT2D eigenvalue weighted by atomic mass is 10.1. The number of halogens is 1. The molecule has 138 valence electrons. The number of para-hydroxylation sites is 1. The van der Waals surface area contributed by atoms with E-state index >= 15 is 0 Å². The second kappa shape index (κ2) is 8.47. The van der Waals surface area contributed by atoms with E-state index < -0.39 is 5.97 Å². The average Bonchev–Trinajstić information content (AvgIpc) is 2.66. The lowest BCUT2D eigenvalue weighted by molar-refractivity contribution is 0.0526. The summed E-state index contributed by atoms with van der Waals surface area (Å²) in [5.41, 5.74) is 8.19. The van der Waals surface area contributed by atoms with Crippen molar-refractivity contribution in [2.75, 3.05) is 17.7 Å². The van der Waals surface area contributed by atoms with Gasteiger partial charge < -0.3 is 20.5 Å². The molecule has 3 N–H and O–H groups in total. The van der Waals surface area contributed by atoms with Gasteiger partial charge in [-0.25, -0.2) is 4.79 Å². The van der Waals surface area contributed by atoms with E-state index in [4.69, 9.17) is 26.8 Å². The Bertz CT molecular complexity index is 945. The van der Waals surface area contributed by atoms with Crippen LogP contribution in [0, 0.1) is 0 Å². The number of ether oxygens (including phenoxy) is 2. The number of rotatable bonds is 6.